The fourth-order valence-corrected chi connectivity index (χ4v) is 0.689. The zero-order chi connectivity index (χ0) is 10.1. The molecule has 4 heteroatoms. The van der Waals surface area contributed by atoms with E-state index >= 15 is 0 Å². The predicted octanol–water partition coefficient (Wildman–Crippen LogP) is 1.29. The summed E-state index contributed by atoms with van der Waals surface area (Å²) >= 11 is 0. The maximum absolute atomic E-state index is 8.12. The second-order valence-electron chi connectivity index (χ2n) is 2.44. The Morgan fingerprint density at radius 3 is 2.46 bits per heavy atom. The van der Waals surface area contributed by atoms with Crippen LogP contribution in [0.2, 0.25) is 0 Å². The smallest absolute Gasteiger partial charge is 0.373 e. The van der Waals surface area contributed by atoms with E-state index in [2.05, 4.69) is 4.98 Å². The van der Waals surface area contributed by atoms with Gasteiger partial charge in [-0.1, -0.05) is 0 Å². The van der Waals surface area contributed by atoms with Gasteiger partial charge >= 0.3 is 6.15 Å². The molecule has 0 unspecified atom stereocenters. The van der Waals surface area contributed by atoms with Crippen LogP contribution < -0.4 is 4.74 Å². The summed E-state index contributed by atoms with van der Waals surface area (Å²) in [6, 6.07) is 3.75. The quantitative estimate of drug-likeness (QED) is 0.689. The van der Waals surface area contributed by atoms with E-state index in [1.807, 2.05) is 26.0 Å². The first-order chi connectivity index (χ1) is 6.20. The molecule has 0 aromatic carbocycles. The van der Waals surface area contributed by atoms with Crippen LogP contribution in [-0.4, -0.2) is 17.2 Å². The Kier molecular flexibility index (Phi) is 6.11. The summed E-state index contributed by atoms with van der Waals surface area (Å²) in [5.74, 6) is 0.831. The highest BCUT2D eigenvalue weighted by atomic mass is 16.5. The Hall–Kier alpha value is -1.67. The minimum Gasteiger partial charge on any atom is -0.489 e. The van der Waals surface area contributed by atoms with Crippen molar-refractivity contribution < 1.29 is 14.3 Å². The lowest BCUT2D eigenvalue weighted by molar-refractivity contribution is -0.191. The molecule has 0 N–H and O–H groups in total. The number of nitrogens with zero attached hydrogens (tertiary/aromatic N) is 1. The molecule has 0 aliphatic rings. The molecule has 4 nitrogen and oxygen atoms in total. The number of hydrogen-bond acceptors (Lipinski definition) is 4. The van der Waals surface area contributed by atoms with Gasteiger partial charge in [0.15, 0.2) is 0 Å². The van der Waals surface area contributed by atoms with Gasteiger partial charge in [-0.2, -0.15) is 9.59 Å². The molecule has 0 radical (unpaired) electrons. The monoisotopic (exact) mass is 181 g/mol. The van der Waals surface area contributed by atoms with Crippen molar-refractivity contribution in [3.63, 3.8) is 0 Å². The van der Waals surface area contributed by atoms with E-state index < -0.39 is 0 Å². The summed E-state index contributed by atoms with van der Waals surface area (Å²) in [5, 5.41) is 0. The molecule has 13 heavy (non-hydrogen) atoms. The van der Waals surface area contributed by atoms with Crippen LogP contribution in [0.3, 0.4) is 0 Å². The molecular weight excluding hydrogens is 170 g/mol. The highest BCUT2D eigenvalue weighted by Crippen LogP contribution is 2.07. The number of aromatic nitrogens is 1. The molecule has 1 heterocycles. The third-order valence-electron chi connectivity index (χ3n) is 1.01. The van der Waals surface area contributed by atoms with Gasteiger partial charge in [0.05, 0.1) is 12.3 Å². The van der Waals surface area contributed by atoms with Gasteiger partial charge in [0.1, 0.15) is 5.75 Å². The molecule has 1 aromatic heterocycles. The van der Waals surface area contributed by atoms with Crippen LogP contribution in [0.5, 0.6) is 5.75 Å². The number of ether oxygens (including phenoxy) is 1. The van der Waals surface area contributed by atoms with Gasteiger partial charge in [0.2, 0.25) is 0 Å². The molecule has 0 amide bonds. The van der Waals surface area contributed by atoms with Crippen LogP contribution in [0.1, 0.15) is 13.8 Å². The van der Waals surface area contributed by atoms with Gasteiger partial charge in [0, 0.05) is 6.20 Å². The van der Waals surface area contributed by atoms with E-state index in [4.69, 9.17) is 14.3 Å². The Morgan fingerprint density at radius 1 is 1.46 bits per heavy atom. The van der Waals surface area contributed by atoms with Gasteiger partial charge in [-0.15, -0.1) is 0 Å². The first-order valence-corrected chi connectivity index (χ1v) is 3.76. The highest BCUT2D eigenvalue weighted by Gasteiger charge is 1.93. The van der Waals surface area contributed by atoms with Crippen LogP contribution in [-0.2, 0) is 9.59 Å². The van der Waals surface area contributed by atoms with Crippen molar-refractivity contribution >= 4 is 6.15 Å². The lowest BCUT2D eigenvalue weighted by atomic mass is 10.4. The Bertz CT molecular complexity index is 253. The van der Waals surface area contributed by atoms with Crippen molar-refractivity contribution in [2.45, 2.75) is 20.0 Å². The SMILES string of the molecule is CC(C)Oc1cccnc1.O=C=O. The van der Waals surface area contributed by atoms with Crippen molar-refractivity contribution in [1.82, 2.24) is 4.98 Å². The topological polar surface area (TPSA) is 56.3 Å². The van der Waals surface area contributed by atoms with Crippen LogP contribution in [0.4, 0.5) is 0 Å². The van der Waals surface area contributed by atoms with Crippen molar-refractivity contribution in [1.29, 1.82) is 0 Å². The van der Waals surface area contributed by atoms with E-state index in [-0.39, 0.29) is 12.3 Å². The molecule has 0 saturated carbocycles. The van der Waals surface area contributed by atoms with E-state index in [0.717, 1.165) is 5.75 Å². The summed E-state index contributed by atoms with van der Waals surface area (Å²) in [5.41, 5.74) is 0. The number of hydrogen-bond donors (Lipinski definition) is 0. The second-order valence-corrected chi connectivity index (χ2v) is 2.44. The third-order valence-corrected chi connectivity index (χ3v) is 1.01. The molecule has 0 atom stereocenters. The molecule has 1 aromatic rings. The summed E-state index contributed by atoms with van der Waals surface area (Å²) < 4.78 is 5.35. The maximum Gasteiger partial charge on any atom is 0.373 e. The molecule has 0 aliphatic carbocycles. The first-order valence-electron chi connectivity index (χ1n) is 3.76. The molecule has 70 valence electrons. The van der Waals surface area contributed by atoms with Crippen molar-refractivity contribution in [3.05, 3.63) is 24.5 Å². The molecule has 0 bridgehead atoms. The molecular formula is C9H11NO3. The van der Waals surface area contributed by atoms with Crippen LogP contribution in [0, 0.1) is 0 Å². The Labute approximate surface area is 76.6 Å². The van der Waals surface area contributed by atoms with Crippen molar-refractivity contribution in [3.8, 4) is 5.75 Å². The van der Waals surface area contributed by atoms with Gasteiger partial charge in [-0.3, -0.25) is 4.98 Å². The normalized spacial score (nSPS) is 8.23. The van der Waals surface area contributed by atoms with Crippen LogP contribution >= 0.6 is 0 Å². The molecule has 0 saturated heterocycles. The van der Waals surface area contributed by atoms with Gasteiger partial charge in [-0.05, 0) is 26.0 Å². The summed E-state index contributed by atoms with van der Waals surface area (Å²) in [4.78, 5) is 20.2. The fourth-order valence-electron chi connectivity index (χ4n) is 0.689. The van der Waals surface area contributed by atoms with Gasteiger partial charge in [-0.25, -0.2) is 0 Å². The number of pyridine rings is 1. The summed E-state index contributed by atoms with van der Waals surface area (Å²) in [6.45, 7) is 3.99. The lowest BCUT2D eigenvalue weighted by Gasteiger charge is -2.07. The summed E-state index contributed by atoms with van der Waals surface area (Å²) in [6.07, 6.45) is 3.91. The van der Waals surface area contributed by atoms with Crippen molar-refractivity contribution in [2.24, 2.45) is 0 Å². The first kappa shape index (κ1) is 11.3. The molecule has 0 aliphatic heterocycles. The molecule has 0 fully saturated rings. The minimum atomic E-state index is 0.226. The van der Waals surface area contributed by atoms with Crippen LogP contribution in [0.15, 0.2) is 24.5 Å². The minimum absolute atomic E-state index is 0.226. The standard InChI is InChI=1S/C8H11NO.CO2/c1-7(2)10-8-4-3-5-9-6-8;2-1-3/h3-7H,1-2H3;. The second kappa shape index (κ2) is 7.00. The van der Waals surface area contributed by atoms with E-state index in [1.165, 1.54) is 0 Å². The highest BCUT2D eigenvalue weighted by molar-refractivity contribution is 5.20. The molecule has 1 rings (SSSR count). The van der Waals surface area contributed by atoms with Gasteiger partial charge < -0.3 is 4.74 Å². The number of rotatable bonds is 2. The zero-order valence-electron chi connectivity index (χ0n) is 7.56. The molecule has 0 spiro atoms. The Balaban J connectivity index is 0.000000424. The lowest BCUT2D eigenvalue weighted by Crippen LogP contribution is -2.05. The predicted molar refractivity (Wildman–Crippen MR) is 45.0 cm³/mol. The third kappa shape index (κ3) is 6.72. The van der Waals surface area contributed by atoms with Crippen LogP contribution in [0.25, 0.3) is 0 Å². The van der Waals surface area contributed by atoms with E-state index in [1.54, 1.807) is 12.4 Å². The largest absolute Gasteiger partial charge is 0.489 e. The summed E-state index contributed by atoms with van der Waals surface area (Å²) in [7, 11) is 0. The number of carbonyl (C=O) groups excluding carboxylic acids is 2. The van der Waals surface area contributed by atoms with E-state index in [0.29, 0.717) is 0 Å². The van der Waals surface area contributed by atoms with E-state index in [9.17, 15) is 0 Å². The van der Waals surface area contributed by atoms with Crippen molar-refractivity contribution in [2.75, 3.05) is 0 Å². The average Bonchev–Trinajstić information content (AvgIpc) is 2.06. The fraction of sp³-hybridized carbons (Fsp3) is 0.333. The average molecular weight is 181 g/mol. The zero-order valence-corrected chi connectivity index (χ0v) is 7.56. The Morgan fingerprint density at radius 2 is 2.08 bits per heavy atom. The van der Waals surface area contributed by atoms with Gasteiger partial charge in [0.25, 0.3) is 0 Å². The maximum atomic E-state index is 8.12.